The minimum Gasteiger partial charge on any atom is -0.504 e. The first-order chi connectivity index (χ1) is 17.4. The highest BCUT2D eigenvalue weighted by molar-refractivity contribution is 6.01. The van der Waals surface area contributed by atoms with E-state index in [9.17, 15) is 55.9 Å². The maximum atomic E-state index is 13.0. The smallest absolute Gasteiger partial charge is 0.226 e. The number of methoxy groups -OCH3 is 1. The molecule has 10 atom stereocenters. The van der Waals surface area contributed by atoms with Crippen molar-refractivity contribution in [3.05, 3.63) is 29.8 Å². The van der Waals surface area contributed by atoms with Gasteiger partial charge in [-0.1, -0.05) is 12.1 Å². The minimum absolute atomic E-state index is 0.0575. The minimum atomic E-state index is -3.26. The van der Waals surface area contributed by atoms with Crippen molar-refractivity contribution in [2.24, 2.45) is 0 Å². The molecule has 10 N–H and O–H groups in total. The van der Waals surface area contributed by atoms with Crippen LogP contribution < -0.4 is 4.74 Å². The van der Waals surface area contributed by atoms with Crippen LogP contribution in [0.15, 0.2) is 24.3 Å². The third-order valence-electron chi connectivity index (χ3n) is 6.28. The number of aliphatic hydroxyl groups is 9. The molecule has 2 fully saturated rings. The van der Waals surface area contributed by atoms with Crippen LogP contribution in [0.1, 0.15) is 5.56 Å². The normalized spacial score (nSPS) is 40.6. The molecule has 0 spiro atoms. The number of hydrogen-bond acceptors (Lipinski definition) is 15. The van der Waals surface area contributed by atoms with Gasteiger partial charge >= 0.3 is 0 Å². The number of phenolic OH excluding ortho intramolecular Hbond substituents is 1. The van der Waals surface area contributed by atoms with Gasteiger partial charge in [0.25, 0.3) is 0 Å². The molecule has 0 aliphatic carbocycles. The highest BCUT2D eigenvalue weighted by atomic mass is 16.8. The number of hydrogen-bond donors (Lipinski definition) is 10. The lowest BCUT2D eigenvalue weighted by Gasteiger charge is -2.52. The van der Waals surface area contributed by atoms with Gasteiger partial charge in [0.2, 0.25) is 5.79 Å². The number of phenols is 1. The van der Waals surface area contributed by atoms with Crippen LogP contribution in [0.3, 0.4) is 0 Å². The van der Waals surface area contributed by atoms with Crippen LogP contribution in [0.4, 0.5) is 0 Å². The molecule has 1 aromatic rings. The van der Waals surface area contributed by atoms with E-state index in [2.05, 4.69) is 0 Å². The number of carbonyl (C=O) groups excluding carboxylic acids is 1. The lowest BCUT2D eigenvalue weighted by Crippen LogP contribution is -2.76. The van der Waals surface area contributed by atoms with E-state index < -0.39 is 79.6 Å². The van der Waals surface area contributed by atoms with Gasteiger partial charge in [0, 0.05) is 0 Å². The molecule has 0 amide bonds. The lowest BCUT2D eigenvalue weighted by molar-refractivity contribution is -0.453. The van der Waals surface area contributed by atoms with E-state index in [0.717, 1.165) is 12.2 Å². The first kappa shape index (κ1) is 29.3. The average Bonchev–Trinajstić information content (AvgIpc) is 2.89. The van der Waals surface area contributed by atoms with Crippen LogP contribution in [-0.2, 0) is 19.0 Å². The van der Waals surface area contributed by atoms with E-state index in [0.29, 0.717) is 0 Å². The van der Waals surface area contributed by atoms with Crippen LogP contribution in [0.25, 0.3) is 6.08 Å². The third-order valence-corrected chi connectivity index (χ3v) is 6.28. The number of benzene rings is 1. The van der Waals surface area contributed by atoms with Gasteiger partial charge in [0.15, 0.2) is 35.5 Å². The zero-order valence-corrected chi connectivity index (χ0v) is 19.4. The first-order valence-corrected chi connectivity index (χ1v) is 11.0. The summed E-state index contributed by atoms with van der Waals surface area (Å²) in [6, 6.07) is 3.96. The zero-order valence-electron chi connectivity index (χ0n) is 19.4. The molecule has 0 aromatic heterocycles. The van der Waals surface area contributed by atoms with Crippen LogP contribution >= 0.6 is 0 Å². The van der Waals surface area contributed by atoms with E-state index in [-0.39, 0.29) is 17.1 Å². The Morgan fingerprint density at radius 3 is 2.35 bits per heavy atom. The molecule has 2 unspecified atom stereocenters. The van der Waals surface area contributed by atoms with Gasteiger partial charge in [0.05, 0.1) is 13.7 Å². The molecule has 15 nitrogen and oxygen atoms in total. The molecule has 15 heteroatoms. The van der Waals surface area contributed by atoms with Gasteiger partial charge in [-0.2, -0.15) is 0 Å². The lowest BCUT2D eigenvalue weighted by atomic mass is 9.78. The van der Waals surface area contributed by atoms with E-state index in [1.54, 1.807) is 0 Å². The Balaban J connectivity index is 1.92. The van der Waals surface area contributed by atoms with E-state index in [1.165, 1.54) is 25.3 Å². The Labute approximate surface area is 209 Å². The fraction of sp³-hybridized carbons (Fsp3) is 0.591. The Morgan fingerprint density at radius 2 is 1.76 bits per heavy atom. The quantitative estimate of drug-likeness (QED) is 0.141. The molecule has 0 radical (unpaired) electrons. The van der Waals surface area contributed by atoms with Gasteiger partial charge in [-0.3, -0.25) is 4.79 Å². The number of carbonyl (C=O) groups is 1. The number of ketones is 1. The summed E-state index contributed by atoms with van der Waals surface area (Å²) in [7, 11) is 1.29. The summed E-state index contributed by atoms with van der Waals surface area (Å²) in [5.74, 6) is -4.44. The van der Waals surface area contributed by atoms with Gasteiger partial charge in [-0.15, -0.1) is 0 Å². The molecule has 3 rings (SSSR count). The molecular formula is C22H30O15. The molecule has 2 aliphatic rings. The number of ether oxygens (including phenoxy) is 4. The third kappa shape index (κ3) is 5.22. The van der Waals surface area contributed by atoms with Crippen molar-refractivity contribution in [3.63, 3.8) is 0 Å². The van der Waals surface area contributed by atoms with E-state index in [4.69, 9.17) is 18.9 Å². The van der Waals surface area contributed by atoms with Gasteiger partial charge in [0.1, 0.15) is 43.2 Å². The predicted molar refractivity (Wildman–Crippen MR) is 117 cm³/mol. The second-order valence-electron chi connectivity index (χ2n) is 8.60. The van der Waals surface area contributed by atoms with Crippen LogP contribution in [-0.4, -0.2) is 138 Å². The summed E-state index contributed by atoms with van der Waals surface area (Å²) < 4.78 is 20.4. The summed E-state index contributed by atoms with van der Waals surface area (Å²) in [5.41, 5.74) is -2.97. The Morgan fingerprint density at radius 1 is 1.08 bits per heavy atom. The number of aliphatic hydroxyl groups excluding tert-OH is 8. The molecule has 2 saturated heterocycles. The van der Waals surface area contributed by atoms with Crippen molar-refractivity contribution in [3.8, 4) is 11.5 Å². The maximum Gasteiger partial charge on any atom is 0.226 e. The summed E-state index contributed by atoms with van der Waals surface area (Å²) in [5, 5.41) is 102. The van der Waals surface area contributed by atoms with Gasteiger partial charge < -0.3 is 70.0 Å². The van der Waals surface area contributed by atoms with Gasteiger partial charge in [-0.05, 0) is 23.8 Å². The summed E-state index contributed by atoms with van der Waals surface area (Å²) in [4.78, 5) is 13.0. The van der Waals surface area contributed by atoms with Crippen molar-refractivity contribution < 1.29 is 74.8 Å². The molecule has 0 saturated carbocycles. The highest BCUT2D eigenvalue weighted by Gasteiger charge is 2.66. The van der Waals surface area contributed by atoms with Crippen molar-refractivity contribution >= 4 is 11.9 Å². The van der Waals surface area contributed by atoms with Crippen molar-refractivity contribution in [1.29, 1.82) is 0 Å². The van der Waals surface area contributed by atoms with Crippen molar-refractivity contribution in [2.75, 3.05) is 20.3 Å². The highest BCUT2D eigenvalue weighted by Crippen LogP contribution is 2.40. The summed E-state index contributed by atoms with van der Waals surface area (Å²) in [6.07, 6.45) is -14.9. The van der Waals surface area contributed by atoms with E-state index >= 15 is 0 Å². The SMILES string of the molecule is COc1cc(C=CC(=O)[C@@]2(O)[C@@H](O)C(O)O[C@@](CO)(OC3O[C@H](CO)[C@@H](O)[C@H](O)[C@H]3O)[C@@H]2O)ccc1O. The summed E-state index contributed by atoms with van der Waals surface area (Å²) in [6.45, 7) is -2.24. The van der Waals surface area contributed by atoms with E-state index in [1.807, 2.05) is 0 Å². The molecular weight excluding hydrogens is 504 g/mol. The number of rotatable bonds is 8. The Bertz CT molecular complexity index is 985. The van der Waals surface area contributed by atoms with Crippen molar-refractivity contribution in [2.45, 2.75) is 60.6 Å². The fourth-order valence-electron chi connectivity index (χ4n) is 4.05. The Hall–Kier alpha value is -2.25. The second kappa shape index (κ2) is 11.2. The maximum absolute atomic E-state index is 13.0. The van der Waals surface area contributed by atoms with Crippen LogP contribution in [0.2, 0.25) is 0 Å². The average molecular weight is 534 g/mol. The first-order valence-electron chi connectivity index (χ1n) is 11.0. The number of aromatic hydroxyl groups is 1. The second-order valence-corrected chi connectivity index (χ2v) is 8.60. The topological polar surface area (TPSA) is 256 Å². The summed E-state index contributed by atoms with van der Waals surface area (Å²) >= 11 is 0. The fourth-order valence-corrected chi connectivity index (χ4v) is 4.05. The van der Waals surface area contributed by atoms with Crippen LogP contribution in [0.5, 0.6) is 11.5 Å². The Kier molecular flexibility index (Phi) is 8.90. The molecule has 0 bridgehead atoms. The zero-order chi connectivity index (χ0) is 27.7. The van der Waals surface area contributed by atoms with Crippen molar-refractivity contribution in [1.82, 2.24) is 0 Å². The van der Waals surface area contributed by atoms with Crippen LogP contribution in [0, 0.1) is 0 Å². The molecule has 2 aliphatic heterocycles. The molecule has 1 aromatic carbocycles. The predicted octanol–water partition coefficient (Wildman–Crippen LogP) is -4.71. The molecule has 208 valence electrons. The molecule has 2 heterocycles. The molecule has 37 heavy (non-hydrogen) atoms. The monoisotopic (exact) mass is 534 g/mol. The largest absolute Gasteiger partial charge is 0.504 e. The standard InChI is InChI=1S/C22H30O15/c1-34-11-6-9(2-4-10(11)25)3-5-13(26)22(33)17(30)18(31)36-21(8-24,20(22)32)37-19-16(29)15(28)14(27)12(7-23)35-19/h2-6,12,14-20,23-25,27-33H,7-8H2,1H3/t12-,14-,15+,16-,17+,18?,19?,20+,21+,22-/m1/s1. The van der Waals surface area contributed by atoms with Gasteiger partial charge in [-0.25, -0.2) is 0 Å².